The quantitative estimate of drug-likeness (QED) is 0.430. The van der Waals surface area contributed by atoms with Crippen LogP contribution in [0.5, 0.6) is 0 Å². The summed E-state index contributed by atoms with van der Waals surface area (Å²) in [5.41, 5.74) is 4.26. The van der Waals surface area contributed by atoms with Crippen molar-refractivity contribution in [3.05, 3.63) is 88.0 Å². The molecule has 30 heavy (non-hydrogen) atoms. The molecule has 1 N–H and O–H groups in total. The summed E-state index contributed by atoms with van der Waals surface area (Å²) in [6.45, 7) is 0. The lowest BCUT2D eigenvalue weighted by Crippen LogP contribution is -2.45. The van der Waals surface area contributed by atoms with Crippen LogP contribution in [-0.4, -0.2) is 21.1 Å². The fraction of sp³-hybridized carbons (Fsp3) is 0.0455. The second-order valence-corrected chi connectivity index (χ2v) is 8.54. The van der Waals surface area contributed by atoms with Gasteiger partial charge in [-0.05, 0) is 42.0 Å². The van der Waals surface area contributed by atoms with Crippen molar-refractivity contribution >= 4 is 57.8 Å². The molecule has 0 unspecified atom stereocenters. The number of thiocarbonyl (C=S) groups is 1. The molecule has 5 nitrogen and oxygen atoms in total. The van der Waals surface area contributed by atoms with Crippen LogP contribution in [0.1, 0.15) is 11.3 Å². The smallest absolute Gasteiger partial charge is 0.285 e. The number of benzene rings is 2. The van der Waals surface area contributed by atoms with Crippen molar-refractivity contribution in [1.82, 2.24) is 10.4 Å². The molecule has 1 saturated heterocycles. The van der Waals surface area contributed by atoms with Crippen LogP contribution < -0.4 is 5.43 Å². The Morgan fingerprint density at radius 2 is 1.93 bits per heavy atom. The summed E-state index contributed by atoms with van der Waals surface area (Å²) in [5, 5.41) is 1.70. The van der Waals surface area contributed by atoms with E-state index in [1.165, 1.54) is 0 Å². The number of carbonyl (C=O) groups is 2. The lowest BCUT2D eigenvalue weighted by Gasteiger charge is -2.15. The number of rotatable bonds is 5. The summed E-state index contributed by atoms with van der Waals surface area (Å²) in [5.74, 6) is 0.420. The lowest BCUT2D eigenvalue weighted by atomic mass is 10.1. The van der Waals surface area contributed by atoms with Crippen LogP contribution in [0.25, 0.3) is 17.4 Å². The van der Waals surface area contributed by atoms with Crippen LogP contribution in [0.4, 0.5) is 0 Å². The molecule has 1 fully saturated rings. The first-order valence-electron chi connectivity index (χ1n) is 8.97. The monoisotopic (exact) mass is 454 g/mol. The van der Waals surface area contributed by atoms with E-state index in [0.717, 1.165) is 27.9 Å². The molecule has 3 aromatic rings. The molecule has 0 atom stereocenters. The molecule has 0 spiro atoms. The molecule has 0 aliphatic carbocycles. The average Bonchev–Trinajstić information content (AvgIpc) is 3.29. The van der Waals surface area contributed by atoms with Crippen LogP contribution in [0, 0.1) is 0 Å². The van der Waals surface area contributed by atoms with Crippen LogP contribution in [0.2, 0.25) is 5.02 Å². The second-order valence-electron chi connectivity index (χ2n) is 6.43. The fourth-order valence-electron chi connectivity index (χ4n) is 2.87. The van der Waals surface area contributed by atoms with E-state index in [1.807, 2.05) is 42.5 Å². The molecule has 2 heterocycles. The lowest BCUT2D eigenvalue weighted by molar-refractivity contribution is -0.132. The summed E-state index contributed by atoms with van der Waals surface area (Å²) in [4.78, 5) is 25.4. The summed E-state index contributed by atoms with van der Waals surface area (Å²) in [7, 11) is 0. The normalized spacial score (nSPS) is 15.1. The van der Waals surface area contributed by atoms with E-state index in [4.69, 9.17) is 28.2 Å². The molecule has 1 aliphatic heterocycles. The van der Waals surface area contributed by atoms with Crippen LogP contribution >= 0.6 is 35.6 Å². The second kappa shape index (κ2) is 8.87. The van der Waals surface area contributed by atoms with Crippen molar-refractivity contribution in [2.45, 2.75) is 6.42 Å². The van der Waals surface area contributed by atoms with Crippen molar-refractivity contribution in [2.24, 2.45) is 0 Å². The Balaban J connectivity index is 1.46. The molecule has 2 amide bonds. The number of hydrogen-bond acceptors (Lipinski definition) is 5. The molecular formula is C22H15ClN2O3S2. The zero-order valence-electron chi connectivity index (χ0n) is 15.5. The Labute approximate surface area is 187 Å². The summed E-state index contributed by atoms with van der Waals surface area (Å²) in [6.07, 6.45) is 1.76. The average molecular weight is 455 g/mol. The predicted molar refractivity (Wildman–Crippen MR) is 122 cm³/mol. The molecule has 0 bridgehead atoms. The van der Waals surface area contributed by atoms with Crippen LogP contribution in [-0.2, 0) is 16.0 Å². The van der Waals surface area contributed by atoms with Crippen molar-refractivity contribution in [3.63, 3.8) is 0 Å². The molecular weight excluding hydrogens is 440 g/mol. The summed E-state index contributed by atoms with van der Waals surface area (Å²) in [6, 6.07) is 20.1. The standard InChI is InChI=1S/C22H15ClN2O3S2/c23-16-8-4-7-15(12-16)18-10-9-17(28-18)13-19-21(27)25(22(29)30-19)24-20(26)11-14-5-2-1-3-6-14/h1-10,12-13H,11H2,(H,24,26). The highest BCUT2D eigenvalue weighted by Crippen LogP contribution is 2.33. The minimum Gasteiger partial charge on any atom is -0.457 e. The maximum atomic E-state index is 12.7. The van der Waals surface area contributed by atoms with Gasteiger partial charge in [0.05, 0.1) is 11.3 Å². The molecule has 8 heteroatoms. The summed E-state index contributed by atoms with van der Waals surface area (Å²) >= 11 is 12.4. The fourth-order valence-corrected chi connectivity index (χ4v) is 4.22. The first-order chi connectivity index (χ1) is 14.5. The predicted octanol–water partition coefficient (Wildman–Crippen LogP) is 5.08. The van der Waals surface area contributed by atoms with E-state index in [9.17, 15) is 9.59 Å². The number of nitrogens with zero attached hydrogens (tertiary/aromatic N) is 1. The van der Waals surface area contributed by atoms with E-state index in [2.05, 4.69) is 5.43 Å². The van der Waals surface area contributed by atoms with Crippen LogP contribution in [0.15, 0.2) is 76.1 Å². The number of thioether (sulfide) groups is 1. The van der Waals surface area contributed by atoms with E-state index >= 15 is 0 Å². The first kappa shape index (κ1) is 20.4. The minimum atomic E-state index is -0.396. The number of amides is 2. The third-order valence-corrected chi connectivity index (χ3v) is 5.78. The SMILES string of the molecule is O=C(Cc1ccccc1)NN1C(=O)C(=Cc2ccc(-c3cccc(Cl)c3)o2)SC1=S. The summed E-state index contributed by atoms with van der Waals surface area (Å²) < 4.78 is 6.07. The van der Waals surface area contributed by atoms with E-state index in [1.54, 1.807) is 30.3 Å². The van der Waals surface area contributed by atoms with Gasteiger partial charge >= 0.3 is 0 Å². The van der Waals surface area contributed by atoms with Crippen molar-refractivity contribution in [3.8, 4) is 11.3 Å². The van der Waals surface area contributed by atoms with E-state index in [-0.39, 0.29) is 16.6 Å². The zero-order chi connectivity index (χ0) is 21.1. The number of carbonyl (C=O) groups excluding carboxylic acids is 2. The van der Waals surface area contributed by atoms with Crippen LogP contribution in [0.3, 0.4) is 0 Å². The van der Waals surface area contributed by atoms with Gasteiger partial charge in [-0.25, -0.2) is 0 Å². The molecule has 0 radical (unpaired) electrons. The van der Waals surface area contributed by atoms with Gasteiger partial charge in [0.2, 0.25) is 5.91 Å². The molecule has 0 saturated carbocycles. The number of furan rings is 1. The largest absolute Gasteiger partial charge is 0.457 e. The highest BCUT2D eigenvalue weighted by atomic mass is 35.5. The molecule has 2 aromatic carbocycles. The van der Waals surface area contributed by atoms with Gasteiger partial charge in [0.25, 0.3) is 5.91 Å². The molecule has 1 aliphatic rings. The molecule has 150 valence electrons. The van der Waals surface area contributed by atoms with Gasteiger partial charge < -0.3 is 4.42 Å². The Hall–Kier alpha value is -2.87. The maximum absolute atomic E-state index is 12.7. The Morgan fingerprint density at radius 1 is 1.13 bits per heavy atom. The first-order valence-corrected chi connectivity index (χ1v) is 10.6. The number of hydrogen-bond donors (Lipinski definition) is 1. The zero-order valence-corrected chi connectivity index (χ0v) is 17.9. The third-order valence-electron chi connectivity index (χ3n) is 4.25. The van der Waals surface area contributed by atoms with Crippen molar-refractivity contribution < 1.29 is 14.0 Å². The van der Waals surface area contributed by atoms with Gasteiger partial charge in [-0.3, -0.25) is 15.0 Å². The van der Waals surface area contributed by atoms with Gasteiger partial charge in [-0.2, -0.15) is 5.01 Å². The van der Waals surface area contributed by atoms with E-state index in [0.29, 0.717) is 21.4 Å². The minimum absolute atomic E-state index is 0.151. The molecule has 4 rings (SSSR count). The maximum Gasteiger partial charge on any atom is 0.285 e. The Bertz CT molecular complexity index is 1160. The van der Waals surface area contributed by atoms with Gasteiger partial charge in [0.15, 0.2) is 4.32 Å². The van der Waals surface area contributed by atoms with Gasteiger partial charge in [-0.15, -0.1) is 0 Å². The van der Waals surface area contributed by atoms with Gasteiger partial charge in [0, 0.05) is 16.7 Å². The molecule has 1 aromatic heterocycles. The van der Waals surface area contributed by atoms with Gasteiger partial charge in [0.1, 0.15) is 11.5 Å². The highest BCUT2D eigenvalue weighted by Gasteiger charge is 2.33. The third kappa shape index (κ3) is 4.64. The van der Waals surface area contributed by atoms with Crippen molar-refractivity contribution in [2.75, 3.05) is 0 Å². The van der Waals surface area contributed by atoms with Crippen molar-refractivity contribution in [1.29, 1.82) is 0 Å². The highest BCUT2D eigenvalue weighted by molar-refractivity contribution is 8.26. The topological polar surface area (TPSA) is 62.6 Å². The Morgan fingerprint density at radius 3 is 2.70 bits per heavy atom. The number of halogens is 1. The number of hydrazine groups is 1. The Kier molecular flexibility index (Phi) is 6.03. The van der Waals surface area contributed by atoms with Gasteiger partial charge in [-0.1, -0.05) is 65.8 Å². The van der Waals surface area contributed by atoms with E-state index < -0.39 is 5.91 Å². The number of nitrogens with one attached hydrogen (secondary N) is 1.